The van der Waals surface area contributed by atoms with Gasteiger partial charge in [-0.3, -0.25) is 0 Å². The van der Waals surface area contributed by atoms with Crippen LogP contribution < -0.4 is 0 Å². The summed E-state index contributed by atoms with van der Waals surface area (Å²) in [6.45, 7) is -2.12. The number of hydrogen-bond acceptors (Lipinski definition) is 12. The first-order valence-corrected chi connectivity index (χ1v) is 6.86. The Bertz CT molecular complexity index is 368. The van der Waals surface area contributed by atoms with Crippen LogP contribution in [0.3, 0.4) is 0 Å². The number of hydrogen-bond donors (Lipinski definition) is 10. The summed E-state index contributed by atoms with van der Waals surface area (Å²) in [4.78, 5) is 9.90. The predicted molar refractivity (Wildman–Crippen MR) is 73.2 cm³/mol. The minimum atomic E-state index is -2.16. The lowest BCUT2D eigenvalue weighted by atomic mass is 10.0. The first-order valence-electron chi connectivity index (χ1n) is 6.86. The van der Waals surface area contributed by atoms with E-state index >= 15 is 0 Å². The Balaban J connectivity index is 0.000000441. The summed E-state index contributed by atoms with van der Waals surface area (Å²) in [7, 11) is 0. The summed E-state index contributed by atoms with van der Waals surface area (Å²) in [5, 5.41) is 88.2. The molecule has 1 saturated heterocycles. The predicted octanol–water partition coefficient (Wildman–Crippen LogP) is -6.60. The molecule has 0 aliphatic carbocycles. The number of aldehydes is 1. The van der Waals surface area contributed by atoms with Crippen LogP contribution in [-0.4, -0.2) is 126 Å². The third-order valence-electron chi connectivity index (χ3n) is 3.35. The monoisotopic (exact) mass is 360 g/mol. The van der Waals surface area contributed by atoms with Crippen molar-refractivity contribution in [3.63, 3.8) is 0 Å². The van der Waals surface area contributed by atoms with Crippen molar-refractivity contribution in [2.75, 3.05) is 19.8 Å². The van der Waals surface area contributed by atoms with Crippen molar-refractivity contribution in [3.05, 3.63) is 0 Å². The molecule has 0 bridgehead atoms. The molecule has 0 unspecified atom stereocenters. The van der Waals surface area contributed by atoms with E-state index in [0.717, 1.165) is 0 Å². The number of rotatable bonds is 7. The molecule has 0 aromatic rings. The lowest BCUT2D eigenvalue weighted by Crippen LogP contribution is -2.46. The fourth-order valence-electron chi connectivity index (χ4n) is 1.77. The van der Waals surface area contributed by atoms with Crippen LogP contribution in [0.2, 0.25) is 0 Å². The molecule has 1 aliphatic heterocycles. The van der Waals surface area contributed by atoms with Crippen molar-refractivity contribution in [3.8, 4) is 0 Å². The SMILES string of the molecule is O=C[C@H](O)[C@@H](O)[C@H](O)[C@H](O)CO.OC[C@H]1O[C@](O)(CO)[C@@H](O)[C@@H]1O. The number of ether oxygens (including phenoxy) is 1. The van der Waals surface area contributed by atoms with Gasteiger partial charge < -0.3 is 60.6 Å². The van der Waals surface area contributed by atoms with Gasteiger partial charge in [0.15, 0.2) is 6.29 Å². The van der Waals surface area contributed by atoms with Gasteiger partial charge in [0, 0.05) is 0 Å². The van der Waals surface area contributed by atoms with Gasteiger partial charge in [-0.1, -0.05) is 0 Å². The molecule has 144 valence electrons. The van der Waals surface area contributed by atoms with Crippen molar-refractivity contribution >= 4 is 6.29 Å². The van der Waals surface area contributed by atoms with E-state index in [-0.39, 0.29) is 6.29 Å². The van der Waals surface area contributed by atoms with Crippen LogP contribution in [-0.2, 0) is 9.53 Å². The maximum absolute atomic E-state index is 9.90. The fraction of sp³-hybridized carbons (Fsp3) is 0.917. The highest BCUT2D eigenvalue weighted by molar-refractivity contribution is 5.56. The number of aliphatic hydroxyl groups excluding tert-OH is 9. The molecule has 8 atom stereocenters. The summed E-state index contributed by atoms with van der Waals surface area (Å²) in [6, 6.07) is 0. The molecule has 0 aromatic heterocycles. The third kappa shape index (κ3) is 5.65. The van der Waals surface area contributed by atoms with Crippen LogP contribution >= 0.6 is 0 Å². The Hall–Kier alpha value is -0.770. The molecular weight excluding hydrogens is 336 g/mol. The van der Waals surface area contributed by atoms with Crippen molar-refractivity contribution in [1.29, 1.82) is 0 Å². The highest BCUT2D eigenvalue weighted by Gasteiger charge is 2.52. The van der Waals surface area contributed by atoms with Gasteiger partial charge in [0.25, 0.3) is 0 Å². The van der Waals surface area contributed by atoms with Gasteiger partial charge in [-0.2, -0.15) is 0 Å². The molecular formula is C12H24O12. The fourth-order valence-corrected chi connectivity index (χ4v) is 1.77. The minimum Gasteiger partial charge on any atom is -0.394 e. The van der Waals surface area contributed by atoms with Crippen molar-refractivity contribution in [2.45, 2.75) is 48.5 Å². The normalized spacial score (nSPS) is 34.7. The van der Waals surface area contributed by atoms with E-state index in [0.29, 0.717) is 0 Å². The molecule has 24 heavy (non-hydrogen) atoms. The molecule has 1 heterocycles. The summed E-state index contributed by atoms with van der Waals surface area (Å²) >= 11 is 0. The Kier molecular flexibility index (Phi) is 9.94. The Labute approximate surface area is 136 Å². The highest BCUT2D eigenvalue weighted by Crippen LogP contribution is 2.28. The zero-order chi connectivity index (χ0) is 19.1. The van der Waals surface area contributed by atoms with Crippen LogP contribution in [0.15, 0.2) is 0 Å². The standard InChI is InChI=1S/2C6H12O6/c7-1-3-4(9)5(10)6(11,2-8)12-3;7-1-3(9)5(11)6(12)4(10)2-8/h3-5,7-11H,1-2H2;1,3-6,8-12H,2H2/t3-,4-,5+,6-;3-,4+,5+,6+/m10/s1. The second-order valence-corrected chi connectivity index (χ2v) is 5.14. The second-order valence-electron chi connectivity index (χ2n) is 5.14. The van der Waals surface area contributed by atoms with E-state index in [1.807, 2.05) is 0 Å². The number of aliphatic hydroxyl groups is 10. The molecule has 1 fully saturated rings. The second kappa shape index (κ2) is 10.3. The van der Waals surface area contributed by atoms with E-state index in [1.54, 1.807) is 0 Å². The molecule has 10 N–H and O–H groups in total. The Morgan fingerprint density at radius 3 is 1.88 bits per heavy atom. The van der Waals surface area contributed by atoms with Gasteiger partial charge in [-0.25, -0.2) is 0 Å². The van der Waals surface area contributed by atoms with Gasteiger partial charge in [0.05, 0.1) is 19.8 Å². The van der Waals surface area contributed by atoms with E-state index in [2.05, 4.69) is 4.74 Å². The maximum Gasteiger partial charge on any atom is 0.219 e. The summed E-state index contributed by atoms with van der Waals surface area (Å²) in [6.07, 6.45) is -10.9. The average molecular weight is 360 g/mol. The average Bonchev–Trinajstić information content (AvgIpc) is 2.83. The lowest BCUT2D eigenvalue weighted by molar-refractivity contribution is -0.248. The topological polar surface area (TPSA) is 229 Å². The highest BCUT2D eigenvalue weighted by atomic mass is 16.7. The molecule has 12 nitrogen and oxygen atoms in total. The smallest absolute Gasteiger partial charge is 0.219 e. The zero-order valence-electron chi connectivity index (χ0n) is 12.5. The number of carbonyl (C=O) groups is 1. The van der Waals surface area contributed by atoms with Crippen LogP contribution in [0.5, 0.6) is 0 Å². The quantitative estimate of drug-likeness (QED) is 0.191. The van der Waals surface area contributed by atoms with E-state index in [1.165, 1.54) is 0 Å². The first-order chi connectivity index (χ1) is 11.1. The van der Waals surface area contributed by atoms with Crippen LogP contribution in [0.25, 0.3) is 0 Å². The van der Waals surface area contributed by atoms with Gasteiger partial charge in [-0.15, -0.1) is 0 Å². The van der Waals surface area contributed by atoms with Gasteiger partial charge in [0.2, 0.25) is 5.79 Å². The Morgan fingerprint density at radius 2 is 1.58 bits per heavy atom. The molecule has 1 rings (SSSR count). The Morgan fingerprint density at radius 1 is 1.04 bits per heavy atom. The van der Waals surface area contributed by atoms with Gasteiger partial charge in [-0.05, 0) is 0 Å². The van der Waals surface area contributed by atoms with Gasteiger partial charge >= 0.3 is 0 Å². The van der Waals surface area contributed by atoms with Crippen molar-refractivity contribution in [2.24, 2.45) is 0 Å². The summed E-state index contributed by atoms with van der Waals surface area (Å²) in [5.74, 6) is -2.16. The van der Waals surface area contributed by atoms with Gasteiger partial charge in [0.1, 0.15) is 42.7 Å². The van der Waals surface area contributed by atoms with Crippen molar-refractivity contribution in [1.82, 2.24) is 0 Å². The van der Waals surface area contributed by atoms with Crippen LogP contribution in [0.4, 0.5) is 0 Å². The molecule has 12 heteroatoms. The largest absolute Gasteiger partial charge is 0.394 e. The lowest BCUT2D eigenvalue weighted by Gasteiger charge is -2.22. The molecule has 1 aliphatic rings. The summed E-state index contributed by atoms with van der Waals surface area (Å²) in [5.41, 5.74) is 0. The maximum atomic E-state index is 9.90. The molecule has 0 saturated carbocycles. The van der Waals surface area contributed by atoms with E-state index in [9.17, 15) is 9.90 Å². The first kappa shape index (κ1) is 23.2. The summed E-state index contributed by atoms with van der Waals surface area (Å²) < 4.78 is 4.63. The third-order valence-corrected chi connectivity index (χ3v) is 3.35. The van der Waals surface area contributed by atoms with E-state index in [4.69, 9.17) is 46.0 Å². The van der Waals surface area contributed by atoms with Crippen LogP contribution in [0.1, 0.15) is 0 Å². The molecule has 0 amide bonds. The molecule has 0 aromatic carbocycles. The molecule has 0 spiro atoms. The number of carbonyl (C=O) groups excluding carboxylic acids is 1. The van der Waals surface area contributed by atoms with E-state index < -0.39 is 68.3 Å². The van der Waals surface area contributed by atoms with Crippen LogP contribution in [0, 0.1) is 0 Å². The molecule has 0 radical (unpaired) electrons. The minimum absolute atomic E-state index is 0.0258. The zero-order valence-corrected chi connectivity index (χ0v) is 12.5. The van der Waals surface area contributed by atoms with Crippen molar-refractivity contribution < 1.29 is 60.6 Å².